The Labute approximate surface area is 132 Å². The van der Waals surface area contributed by atoms with Gasteiger partial charge in [0.1, 0.15) is 5.60 Å². The lowest BCUT2D eigenvalue weighted by Gasteiger charge is -2.47. The summed E-state index contributed by atoms with van der Waals surface area (Å²) in [4.78, 5) is 16.2. The molecule has 6 heteroatoms. The van der Waals surface area contributed by atoms with Crippen LogP contribution in [-0.2, 0) is 9.47 Å². The second-order valence-electron chi connectivity index (χ2n) is 6.89. The minimum Gasteiger partial charge on any atom is -0.444 e. The van der Waals surface area contributed by atoms with Crippen LogP contribution in [0.5, 0.6) is 0 Å². The van der Waals surface area contributed by atoms with Crippen molar-refractivity contribution in [2.75, 3.05) is 33.3 Å². The zero-order valence-electron chi connectivity index (χ0n) is 13.8. The lowest BCUT2D eigenvalue weighted by Crippen LogP contribution is -2.60. The quantitative estimate of drug-likeness (QED) is 0.728. The van der Waals surface area contributed by atoms with Gasteiger partial charge in [-0.1, -0.05) is 0 Å². The molecule has 22 heavy (non-hydrogen) atoms. The second-order valence-corrected chi connectivity index (χ2v) is 6.89. The average molecular weight is 307 g/mol. The monoisotopic (exact) mass is 307 g/mol. The molecule has 122 valence electrons. The number of allylic oxidation sites excluding steroid dienone is 1. The van der Waals surface area contributed by atoms with Crippen LogP contribution in [0.3, 0.4) is 0 Å². The first-order valence-electron chi connectivity index (χ1n) is 7.66. The van der Waals surface area contributed by atoms with Crippen molar-refractivity contribution >= 4 is 6.09 Å². The molecule has 0 aromatic carbocycles. The lowest BCUT2D eigenvalue weighted by molar-refractivity contribution is -0.0507. The number of nitriles is 1. The summed E-state index contributed by atoms with van der Waals surface area (Å²) in [5.41, 5.74) is 0.678. The fourth-order valence-corrected chi connectivity index (χ4v) is 2.94. The molecule has 0 radical (unpaired) electrons. The van der Waals surface area contributed by atoms with Gasteiger partial charge in [0.25, 0.3) is 0 Å². The summed E-state index contributed by atoms with van der Waals surface area (Å²) in [5.74, 6) is 0. The van der Waals surface area contributed by atoms with Crippen LogP contribution >= 0.6 is 0 Å². The van der Waals surface area contributed by atoms with Crippen LogP contribution in [0.4, 0.5) is 4.79 Å². The molecule has 2 fully saturated rings. The maximum Gasteiger partial charge on any atom is 0.410 e. The highest BCUT2D eigenvalue weighted by atomic mass is 16.6. The molecule has 0 N–H and O–H groups in total. The number of piperidine rings is 1. The fourth-order valence-electron chi connectivity index (χ4n) is 2.94. The normalized spacial score (nSPS) is 26.1. The van der Waals surface area contributed by atoms with Crippen LogP contribution in [0.2, 0.25) is 0 Å². The van der Waals surface area contributed by atoms with Gasteiger partial charge < -0.3 is 14.4 Å². The lowest BCUT2D eigenvalue weighted by atomic mass is 9.95. The minimum absolute atomic E-state index is 0.0232. The van der Waals surface area contributed by atoms with Crippen LogP contribution in [0.15, 0.2) is 11.6 Å². The van der Waals surface area contributed by atoms with Crippen molar-refractivity contribution in [3.05, 3.63) is 11.6 Å². The Kier molecular flexibility index (Phi) is 5.09. The van der Waals surface area contributed by atoms with E-state index in [2.05, 4.69) is 11.0 Å². The van der Waals surface area contributed by atoms with E-state index in [0.29, 0.717) is 19.1 Å². The van der Waals surface area contributed by atoms with Gasteiger partial charge in [-0.05, 0) is 32.8 Å². The third kappa shape index (κ3) is 3.99. The zero-order chi connectivity index (χ0) is 16.3. The van der Waals surface area contributed by atoms with Crippen LogP contribution in [-0.4, -0.2) is 66.9 Å². The molecule has 2 rings (SSSR count). The first-order valence-corrected chi connectivity index (χ1v) is 7.66. The first kappa shape index (κ1) is 16.8. The van der Waals surface area contributed by atoms with Crippen molar-refractivity contribution in [3.8, 4) is 6.07 Å². The molecule has 0 aromatic rings. The van der Waals surface area contributed by atoms with Gasteiger partial charge in [0.05, 0.1) is 18.7 Å². The summed E-state index contributed by atoms with van der Waals surface area (Å²) in [6, 6.07) is 2.36. The van der Waals surface area contributed by atoms with E-state index in [1.54, 1.807) is 18.1 Å². The molecule has 2 saturated heterocycles. The number of hydrogen-bond donors (Lipinski definition) is 0. The molecule has 6 nitrogen and oxygen atoms in total. The Morgan fingerprint density at radius 2 is 2.09 bits per heavy atom. The summed E-state index contributed by atoms with van der Waals surface area (Å²) >= 11 is 0. The van der Waals surface area contributed by atoms with Gasteiger partial charge in [-0.3, -0.25) is 4.90 Å². The van der Waals surface area contributed by atoms with Crippen LogP contribution in [0.25, 0.3) is 0 Å². The van der Waals surface area contributed by atoms with Crippen LogP contribution in [0.1, 0.15) is 27.2 Å². The van der Waals surface area contributed by atoms with E-state index in [-0.39, 0.29) is 12.2 Å². The van der Waals surface area contributed by atoms with Gasteiger partial charge in [-0.25, -0.2) is 4.79 Å². The molecule has 2 atom stereocenters. The Bertz CT molecular complexity index is 482. The predicted octanol–water partition coefficient (Wildman–Crippen LogP) is 1.78. The number of rotatable bonds is 2. The molecule has 0 saturated carbocycles. The molecule has 1 amide bonds. The number of carbonyl (C=O) groups excluding carboxylic acids is 1. The van der Waals surface area contributed by atoms with Crippen molar-refractivity contribution in [2.45, 2.75) is 44.9 Å². The molecule has 0 bridgehead atoms. The van der Waals surface area contributed by atoms with Gasteiger partial charge in [-0.2, -0.15) is 5.26 Å². The van der Waals surface area contributed by atoms with E-state index in [0.717, 1.165) is 25.1 Å². The molecular weight excluding hydrogens is 282 g/mol. The summed E-state index contributed by atoms with van der Waals surface area (Å²) in [5, 5.41) is 8.66. The standard InChI is InChI=1S/C16H25N3O3/c1-16(2,3)22-15(20)18-8-6-13(14(11-18)21-4)19-9-12(10-19)5-7-17/h5,13-14H,6,8-11H2,1-4H3/t13-,14+/m0/s1. The van der Waals surface area contributed by atoms with Crippen LogP contribution in [0, 0.1) is 11.3 Å². The molecule has 0 unspecified atom stereocenters. The molecule has 0 aromatic heterocycles. The maximum atomic E-state index is 12.2. The van der Waals surface area contributed by atoms with Crippen molar-refractivity contribution in [3.63, 3.8) is 0 Å². The van der Waals surface area contributed by atoms with Gasteiger partial charge in [0.15, 0.2) is 0 Å². The van der Waals surface area contributed by atoms with E-state index in [1.165, 1.54) is 0 Å². The number of nitrogens with zero attached hydrogens (tertiary/aromatic N) is 3. The largest absolute Gasteiger partial charge is 0.444 e. The summed E-state index contributed by atoms with van der Waals surface area (Å²) in [7, 11) is 1.68. The Hall–Kier alpha value is -1.58. The Morgan fingerprint density at radius 1 is 1.41 bits per heavy atom. The molecular formula is C16H25N3O3. The van der Waals surface area contributed by atoms with E-state index in [9.17, 15) is 4.79 Å². The maximum absolute atomic E-state index is 12.2. The summed E-state index contributed by atoms with van der Waals surface area (Å²) in [6.45, 7) is 8.48. The highest BCUT2D eigenvalue weighted by Crippen LogP contribution is 2.27. The first-order chi connectivity index (χ1) is 10.3. The molecule has 2 aliphatic heterocycles. The molecule has 2 heterocycles. The van der Waals surface area contributed by atoms with Crippen molar-refractivity contribution in [1.29, 1.82) is 5.26 Å². The van der Waals surface area contributed by atoms with Crippen LogP contribution < -0.4 is 0 Å². The van der Waals surface area contributed by atoms with Gasteiger partial charge in [0.2, 0.25) is 0 Å². The van der Waals surface area contributed by atoms with Gasteiger partial charge >= 0.3 is 6.09 Å². The summed E-state index contributed by atoms with van der Waals surface area (Å²) in [6.07, 6.45) is 2.18. The third-order valence-electron chi connectivity index (χ3n) is 4.03. The number of amides is 1. The highest BCUT2D eigenvalue weighted by molar-refractivity contribution is 5.68. The summed E-state index contributed by atoms with van der Waals surface area (Å²) < 4.78 is 11.0. The van der Waals surface area contributed by atoms with Crippen molar-refractivity contribution in [1.82, 2.24) is 9.80 Å². The van der Waals surface area contributed by atoms with Crippen molar-refractivity contribution < 1.29 is 14.3 Å². The zero-order valence-corrected chi connectivity index (χ0v) is 13.8. The number of carbonyl (C=O) groups is 1. The second kappa shape index (κ2) is 6.67. The number of ether oxygens (including phenoxy) is 2. The predicted molar refractivity (Wildman–Crippen MR) is 82.3 cm³/mol. The minimum atomic E-state index is -0.481. The van der Waals surface area contributed by atoms with E-state index in [4.69, 9.17) is 14.7 Å². The average Bonchev–Trinajstić information content (AvgIpc) is 2.40. The molecule has 0 spiro atoms. The molecule has 2 aliphatic rings. The van der Waals surface area contributed by atoms with Crippen molar-refractivity contribution in [2.24, 2.45) is 0 Å². The highest BCUT2D eigenvalue weighted by Gasteiger charge is 2.39. The number of hydrogen-bond acceptors (Lipinski definition) is 5. The van der Waals surface area contributed by atoms with E-state index in [1.807, 2.05) is 20.8 Å². The fraction of sp³-hybridized carbons (Fsp3) is 0.750. The third-order valence-corrected chi connectivity index (χ3v) is 4.03. The number of likely N-dealkylation sites (tertiary alicyclic amines) is 2. The Morgan fingerprint density at radius 3 is 2.64 bits per heavy atom. The Balaban J connectivity index is 1.91. The SMILES string of the molecule is CO[C@@H]1CN(C(=O)OC(C)(C)C)CC[C@@H]1N1CC(=CC#N)C1. The smallest absolute Gasteiger partial charge is 0.410 e. The topological polar surface area (TPSA) is 65.8 Å². The van der Waals surface area contributed by atoms with Gasteiger partial charge in [0, 0.05) is 38.9 Å². The number of methoxy groups -OCH3 is 1. The van der Waals surface area contributed by atoms with E-state index >= 15 is 0 Å². The van der Waals surface area contributed by atoms with E-state index < -0.39 is 5.60 Å². The van der Waals surface area contributed by atoms with Gasteiger partial charge in [-0.15, -0.1) is 0 Å². The molecule has 0 aliphatic carbocycles.